The molecule has 0 radical (unpaired) electrons. The first-order valence-electron chi connectivity index (χ1n) is 5.34. The zero-order valence-corrected chi connectivity index (χ0v) is 10.3. The van der Waals surface area contributed by atoms with Crippen LogP contribution in [0.3, 0.4) is 0 Å². The third-order valence-electron chi connectivity index (χ3n) is 3.47. The summed E-state index contributed by atoms with van der Waals surface area (Å²) in [6.45, 7) is 4.46. The summed E-state index contributed by atoms with van der Waals surface area (Å²) in [5.74, 6) is 1.86. The molecule has 0 heterocycles. The summed E-state index contributed by atoms with van der Waals surface area (Å²) in [6.07, 6.45) is 6.17. The number of fused-ring (bicyclic) bond motifs is 2. The van der Waals surface area contributed by atoms with E-state index < -0.39 is 8.32 Å². The topological polar surface area (TPSA) is 9.23 Å². The van der Waals surface area contributed by atoms with Crippen LogP contribution in [0.2, 0.25) is 13.1 Å². The summed E-state index contributed by atoms with van der Waals surface area (Å²) in [6, 6.07) is 0. The molecule has 0 aromatic carbocycles. The molecule has 0 amide bonds. The summed E-state index contributed by atoms with van der Waals surface area (Å²) < 4.78 is 6.19. The molecule has 0 aromatic rings. The van der Waals surface area contributed by atoms with Crippen LogP contribution in [0, 0.1) is 11.8 Å². The molecule has 3 atom stereocenters. The predicted molar refractivity (Wildman–Crippen MR) is 58.5 cm³/mol. The lowest BCUT2D eigenvalue weighted by Crippen LogP contribution is -2.39. The number of halogens is 1. The normalized spacial score (nSPS) is 38.5. The van der Waals surface area contributed by atoms with Gasteiger partial charge in [-0.3, -0.25) is 0 Å². The highest BCUT2D eigenvalue weighted by Crippen LogP contribution is 2.46. The van der Waals surface area contributed by atoms with Crippen LogP contribution >= 0.6 is 11.6 Å². The molecule has 2 aliphatic rings. The van der Waals surface area contributed by atoms with Gasteiger partial charge in [-0.05, 0) is 50.6 Å². The van der Waals surface area contributed by atoms with Crippen LogP contribution in [-0.4, -0.2) is 19.9 Å². The predicted octanol–water partition coefficient (Wildman–Crippen LogP) is 3.17. The van der Waals surface area contributed by atoms with Crippen LogP contribution in [0.1, 0.15) is 25.7 Å². The molecule has 0 aromatic heterocycles. The van der Waals surface area contributed by atoms with E-state index >= 15 is 0 Å². The molecule has 0 aliphatic heterocycles. The van der Waals surface area contributed by atoms with E-state index in [0.29, 0.717) is 6.10 Å². The van der Waals surface area contributed by atoms with Crippen LogP contribution in [0.25, 0.3) is 0 Å². The fourth-order valence-electron chi connectivity index (χ4n) is 2.77. The Kier molecular flexibility index (Phi) is 2.74. The Labute approximate surface area is 86.9 Å². The fraction of sp³-hybridized carbons (Fsp3) is 1.00. The maximum Gasteiger partial charge on any atom is 0.201 e. The summed E-state index contributed by atoms with van der Waals surface area (Å²) in [5.41, 5.74) is 0.737. The summed E-state index contributed by atoms with van der Waals surface area (Å²) in [5, 5.41) is 0. The molecule has 13 heavy (non-hydrogen) atoms. The molecule has 3 unspecified atom stereocenters. The van der Waals surface area contributed by atoms with E-state index in [-0.39, 0.29) is 0 Å². The van der Waals surface area contributed by atoms with Gasteiger partial charge in [0.2, 0.25) is 8.32 Å². The van der Waals surface area contributed by atoms with Crippen molar-refractivity contribution in [3.8, 4) is 0 Å². The second-order valence-corrected chi connectivity index (χ2v) is 10.0. The quantitative estimate of drug-likeness (QED) is 0.523. The molecule has 2 saturated carbocycles. The van der Waals surface area contributed by atoms with Gasteiger partial charge in [0.25, 0.3) is 0 Å². The van der Waals surface area contributed by atoms with Gasteiger partial charge in [0.15, 0.2) is 0 Å². The van der Waals surface area contributed by atoms with Crippen LogP contribution < -0.4 is 0 Å². The maximum absolute atomic E-state index is 6.19. The van der Waals surface area contributed by atoms with E-state index in [1.54, 1.807) is 0 Å². The Balaban J connectivity index is 1.89. The maximum atomic E-state index is 6.19. The third kappa shape index (κ3) is 2.11. The zero-order valence-electron chi connectivity index (χ0n) is 8.55. The molecule has 0 saturated heterocycles. The average Bonchev–Trinajstić information content (AvgIpc) is 2.64. The Hall–Kier alpha value is 0.467. The van der Waals surface area contributed by atoms with Crippen molar-refractivity contribution >= 4 is 19.9 Å². The van der Waals surface area contributed by atoms with Crippen molar-refractivity contribution in [3.05, 3.63) is 0 Å². The Morgan fingerprint density at radius 3 is 2.54 bits per heavy atom. The minimum atomic E-state index is -1.51. The van der Waals surface area contributed by atoms with Gasteiger partial charge in [0.1, 0.15) is 0 Å². The van der Waals surface area contributed by atoms with Gasteiger partial charge in [-0.25, -0.2) is 0 Å². The largest absolute Gasteiger partial charge is 0.413 e. The Morgan fingerprint density at radius 2 is 2.08 bits per heavy atom. The van der Waals surface area contributed by atoms with Gasteiger partial charge in [0, 0.05) is 11.6 Å². The van der Waals surface area contributed by atoms with Crippen molar-refractivity contribution in [1.82, 2.24) is 0 Å². The van der Waals surface area contributed by atoms with Crippen molar-refractivity contribution in [1.29, 1.82) is 0 Å². The smallest absolute Gasteiger partial charge is 0.201 e. The number of alkyl halides is 1. The van der Waals surface area contributed by atoms with Crippen LogP contribution in [0.4, 0.5) is 0 Å². The molecular formula is C10H19ClOSi. The fourth-order valence-corrected chi connectivity index (χ4v) is 4.13. The van der Waals surface area contributed by atoms with Crippen molar-refractivity contribution in [2.45, 2.75) is 44.9 Å². The molecule has 76 valence electrons. The van der Waals surface area contributed by atoms with E-state index in [0.717, 1.165) is 17.3 Å². The zero-order chi connectivity index (χ0) is 9.47. The van der Waals surface area contributed by atoms with Crippen molar-refractivity contribution in [2.24, 2.45) is 11.8 Å². The van der Waals surface area contributed by atoms with Gasteiger partial charge >= 0.3 is 0 Å². The first-order valence-corrected chi connectivity index (χ1v) is 8.99. The molecule has 2 bridgehead atoms. The molecule has 3 heteroatoms. The van der Waals surface area contributed by atoms with Crippen molar-refractivity contribution in [2.75, 3.05) is 5.50 Å². The summed E-state index contributed by atoms with van der Waals surface area (Å²) >= 11 is 5.91. The minimum Gasteiger partial charge on any atom is -0.413 e. The van der Waals surface area contributed by atoms with E-state index in [9.17, 15) is 0 Å². The van der Waals surface area contributed by atoms with Crippen LogP contribution in [-0.2, 0) is 4.43 Å². The summed E-state index contributed by atoms with van der Waals surface area (Å²) in [7, 11) is -1.51. The number of rotatable bonds is 3. The van der Waals surface area contributed by atoms with E-state index in [1.807, 2.05) is 0 Å². The monoisotopic (exact) mass is 218 g/mol. The van der Waals surface area contributed by atoms with Gasteiger partial charge in [-0.2, -0.15) is 0 Å². The molecule has 0 N–H and O–H groups in total. The third-order valence-corrected chi connectivity index (χ3v) is 6.98. The standard InChI is InChI=1S/C10H19ClOSi/c1-13(2,7-11)12-10-6-8-3-4-9(10)5-8/h8-10H,3-7H2,1-2H3. The van der Waals surface area contributed by atoms with Crippen molar-refractivity contribution < 1.29 is 4.43 Å². The second kappa shape index (κ2) is 3.56. The molecule has 2 fully saturated rings. The van der Waals surface area contributed by atoms with Gasteiger partial charge < -0.3 is 4.43 Å². The highest BCUT2D eigenvalue weighted by atomic mass is 35.5. The summed E-state index contributed by atoms with van der Waals surface area (Å²) in [4.78, 5) is 0. The average molecular weight is 219 g/mol. The van der Waals surface area contributed by atoms with Gasteiger partial charge in [-0.15, -0.1) is 11.6 Å². The molecule has 2 rings (SSSR count). The second-order valence-electron chi connectivity index (χ2n) is 5.22. The first kappa shape index (κ1) is 10.0. The molecule has 1 nitrogen and oxygen atoms in total. The Morgan fingerprint density at radius 1 is 1.31 bits per heavy atom. The SMILES string of the molecule is C[Si](C)(CCl)OC1CC2CCC1C2. The lowest BCUT2D eigenvalue weighted by molar-refractivity contribution is 0.131. The Bertz CT molecular complexity index is 195. The van der Waals surface area contributed by atoms with E-state index in [4.69, 9.17) is 16.0 Å². The van der Waals surface area contributed by atoms with E-state index in [2.05, 4.69) is 13.1 Å². The molecule has 2 aliphatic carbocycles. The first-order chi connectivity index (χ1) is 6.11. The highest BCUT2D eigenvalue weighted by Gasteiger charge is 2.42. The number of hydrogen-bond acceptors (Lipinski definition) is 1. The highest BCUT2D eigenvalue weighted by molar-refractivity contribution is 6.77. The van der Waals surface area contributed by atoms with Crippen LogP contribution in [0.15, 0.2) is 0 Å². The number of hydrogen-bond donors (Lipinski definition) is 0. The minimum absolute atomic E-state index is 0.569. The molecular weight excluding hydrogens is 200 g/mol. The lowest BCUT2D eigenvalue weighted by atomic mass is 9.98. The van der Waals surface area contributed by atoms with E-state index in [1.165, 1.54) is 25.7 Å². The van der Waals surface area contributed by atoms with Crippen molar-refractivity contribution in [3.63, 3.8) is 0 Å². The lowest BCUT2D eigenvalue weighted by Gasteiger charge is -2.30. The molecule has 0 spiro atoms. The van der Waals surface area contributed by atoms with Gasteiger partial charge in [-0.1, -0.05) is 0 Å². The van der Waals surface area contributed by atoms with Crippen LogP contribution in [0.5, 0.6) is 0 Å². The van der Waals surface area contributed by atoms with Gasteiger partial charge in [0.05, 0.1) is 0 Å².